The largest absolute Gasteiger partial charge is 0.459 e. The summed E-state index contributed by atoms with van der Waals surface area (Å²) in [6.07, 6.45) is 1.02. The van der Waals surface area contributed by atoms with Gasteiger partial charge in [-0.3, -0.25) is 4.79 Å². The lowest BCUT2D eigenvalue weighted by atomic mass is 10.3. The Hall–Kier alpha value is -0.530. The van der Waals surface area contributed by atoms with Crippen LogP contribution >= 0.6 is 0 Å². The number of hydrogen-bond donors (Lipinski definition) is 0. The Labute approximate surface area is 55.2 Å². The quantitative estimate of drug-likeness (QED) is 0.498. The van der Waals surface area contributed by atoms with Crippen molar-refractivity contribution in [2.24, 2.45) is 5.92 Å². The first-order valence-corrected chi connectivity index (χ1v) is 3.24. The molecule has 0 amide bonds. The van der Waals surface area contributed by atoms with Gasteiger partial charge in [0.1, 0.15) is 5.60 Å². The fourth-order valence-electron chi connectivity index (χ4n) is 1.02. The number of ether oxygens (including phenoxy) is 1. The Morgan fingerprint density at radius 3 is 2.33 bits per heavy atom. The van der Waals surface area contributed by atoms with Crippen molar-refractivity contribution in [3.05, 3.63) is 0 Å². The van der Waals surface area contributed by atoms with Crippen LogP contribution in [0.3, 0.4) is 0 Å². The topological polar surface area (TPSA) is 26.3 Å². The molecule has 0 aliphatic heterocycles. The molecule has 0 heterocycles. The molecule has 1 saturated carbocycles. The third-order valence-corrected chi connectivity index (χ3v) is 1.97. The van der Waals surface area contributed by atoms with Gasteiger partial charge in [0.15, 0.2) is 0 Å². The molecule has 0 saturated heterocycles. The molecule has 1 fully saturated rings. The van der Waals surface area contributed by atoms with Gasteiger partial charge in [-0.15, -0.1) is 0 Å². The Bertz CT molecular complexity index is 142. The molecule has 0 aromatic carbocycles. The second-order valence-electron chi connectivity index (χ2n) is 3.01. The van der Waals surface area contributed by atoms with E-state index in [4.69, 9.17) is 4.74 Å². The second kappa shape index (κ2) is 1.72. The minimum Gasteiger partial charge on any atom is -0.459 e. The van der Waals surface area contributed by atoms with Gasteiger partial charge in [-0.25, -0.2) is 0 Å². The molecule has 9 heavy (non-hydrogen) atoms. The van der Waals surface area contributed by atoms with Gasteiger partial charge in [-0.05, 0) is 19.3 Å². The van der Waals surface area contributed by atoms with Crippen molar-refractivity contribution in [3.63, 3.8) is 0 Å². The molecule has 0 aromatic heterocycles. The summed E-state index contributed by atoms with van der Waals surface area (Å²) in [6, 6.07) is 0. The number of hydrogen-bond acceptors (Lipinski definition) is 2. The molecule has 1 aliphatic carbocycles. The first-order valence-electron chi connectivity index (χ1n) is 3.24. The highest BCUT2D eigenvalue weighted by molar-refractivity contribution is 5.67. The van der Waals surface area contributed by atoms with Crippen LogP contribution in [0, 0.1) is 5.92 Å². The molecule has 0 radical (unpaired) electrons. The van der Waals surface area contributed by atoms with Crippen molar-refractivity contribution < 1.29 is 9.53 Å². The molecule has 2 nitrogen and oxygen atoms in total. The van der Waals surface area contributed by atoms with E-state index in [0.29, 0.717) is 5.92 Å². The van der Waals surface area contributed by atoms with Crippen molar-refractivity contribution in [2.45, 2.75) is 32.8 Å². The summed E-state index contributed by atoms with van der Waals surface area (Å²) < 4.78 is 5.02. The zero-order valence-corrected chi connectivity index (χ0v) is 6.10. The Morgan fingerprint density at radius 1 is 1.78 bits per heavy atom. The third-order valence-electron chi connectivity index (χ3n) is 1.97. The van der Waals surface area contributed by atoms with Crippen LogP contribution in [0.25, 0.3) is 0 Å². The lowest BCUT2D eigenvalue weighted by molar-refractivity contribution is -0.148. The minimum absolute atomic E-state index is 0.119. The van der Waals surface area contributed by atoms with E-state index >= 15 is 0 Å². The van der Waals surface area contributed by atoms with Crippen molar-refractivity contribution in [1.29, 1.82) is 0 Å². The van der Waals surface area contributed by atoms with Crippen LogP contribution in [0.15, 0.2) is 0 Å². The molecule has 0 N–H and O–H groups in total. The molecular weight excluding hydrogens is 116 g/mol. The van der Waals surface area contributed by atoms with Gasteiger partial charge in [0.2, 0.25) is 0 Å². The van der Waals surface area contributed by atoms with Gasteiger partial charge >= 0.3 is 5.97 Å². The molecular formula is C7H12O2. The van der Waals surface area contributed by atoms with Crippen LogP contribution in [0.5, 0.6) is 0 Å². The predicted molar refractivity (Wildman–Crippen MR) is 34.0 cm³/mol. The maximum atomic E-state index is 10.4. The van der Waals surface area contributed by atoms with Crippen LogP contribution in [-0.2, 0) is 9.53 Å². The lowest BCUT2D eigenvalue weighted by Gasteiger charge is -2.08. The molecule has 1 rings (SSSR count). The van der Waals surface area contributed by atoms with Crippen LogP contribution in [0.4, 0.5) is 0 Å². The summed E-state index contributed by atoms with van der Waals surface area (Å²) in [5, 5.41) is 0. The van der Waals surface area contributed by atoms with Crippen LogP contribution in [0.2, 0.25) is 0 Å². The van der Waals surface area contributed by atoms with Gasteiger partial charge in [0.05, 0.1) is 0 Å². The van der Waals surface area contributed by atoms with Gasteiger partial charge < -0.3 is 4.74 Å². The Kier molecular flexibility index (Phi) is 1.26. The van der Waals surface area contributed by atoms with Gasteiger partial charge in [0, 0.05) is 6.92 Å². The Morgan fingerprint density at radius 2 is 2.22 bits per heavy atom. The molecule has 0 spiro atoms. The van der Waals surface area contributed by atoms with E-state index in [9.17, 15) is 4.79 Å². The standard InChI is InChI=1S/C7H12O2/c1-5-4-7(5,3)9-6(2)8/h5H,4H2,1-3H3. The number of carbonyl (C=O) groups excluding carboxylic acids is 1. The molecule has 1 aliphatic rings. The SMILES string of the molecule is CC(=O)OC1(C)CC1C. The highest BCUT2D eigenvalue weighted by Crippen LogP contribution is 2.45. The fourth-order valence-corrected chi connectivity index (χ4v) is 1.02. The number of esters is 1. The average molecular weight is 128 g/mol. The summed E-state index contributed by atoms with van der Waals surface area (Å²) in [4.78, 5) is 10.4. The Balaban J connectivity index is 2.37. The van der Waals surface area contributed by atoms with Gasteiger partial charge in [0.25, 0.3) is 0 Å². The predicted octanol–water partition coefficient (Wildman–Crippen LogP) is 1.35. The van der Waals surface area contributed by atoms with E-state index in [1.165, 1.54) is 6.92 Å². The molecule has 0 bridgehead atoms. The van der Waals surface area contributed by atoms with Crippen molar-refractivity contribution >= 4 is 5.97 Å². The van der Waals surface area contributed by atoms with Crippen LogP contribution in [-0.4, -0.2) is 11.6 Å². The zero-order valence-electron chi connectivity index (χ0n) is 6.10. The zero-order chi connectivity index (χ0) is 7.07. The minimum atomic E-state index is -0.165. The average Bonchev–Trinajstić information content (AvgIpc) is 2.10. The fraction of sp³-hybridized carbons (Fsp3) is 0.857. The van der Waals surface area contributed by atoms with E-state index in [0.717, 1.165) is 6.42 Å². The number of carbonyl (C=O) groups is 1. The van der Waals surface area contributed by atoms with E-state index < -0.39 is 0 Å². The molecule has 2 unspecified atom stereocenters. The third kappa shape index (κ3) is 1.23. The first kappa shape index (κ1) is 6.59. The van der Waals surface area contributed by atoms with Crippen molar-refractivity contribution in [1.82, 2.24) is 0 Å². The number of rotatable bonds is 1. The van der Waals surface area contributed by atoms with Gasteiger partial charge in [-0.2, -0.15) is 0 Å². The molecule has 52 valence electrons. The van der Waals surface area contributed by atoms with Crippen LogP contribution < -0.4 is 0 Å². The summed E-state index contributed by atoms with van der Waals surface area (Å²) in [6.45, 7) is 5.51. The normalized spacial score (nSPS) is 40.1. The lowest BCUT2D eigenvalue weighted by Crippen LogP contribution is -2.14. The van der Waals surface area contributed by atoms with Gasteiger partial charge in [-0.1, -0.05) is 6.92 Å². The highest BCUT2D eigenvalue weighted by Gasteiger charge is 2.50. The maximum Gasteiger partial charge on any atom is 0.303 e. The summed E-state index contributed by atoms with van der Waals surface area (Å²) >= 11 is 0. The smallest absolute Gasteiger partial charge is 0.303 e. The molecule has 2 atom stereocenters. The van der Waals surface area contributed by atoms with Crippen molar-refractivity contribution in [3.8, 4) is 0 Å². The van der Waals surface area contributed by atoms with E-state index in [1.54, 1.807) is 0 Å². The van der Waals surface area contributed by atoms with Crippen LogP contribution in [0.1, 0.15) is 27.2 Å². The van der Waals surface area contributed by atoms with E-state index in [1.807, 2.05) is 6.92 Å². The molecule has 0 aromatic rings. The maximum absolute atomic E-state index is 10.4. The first-order chi connectivity index (χ1) is 4.04. The highest BCUT2D eigenvalue weighted by atomic mass is 16.6. The van der Waals surface area contributed by atoms with E-state index in [2.05, 4.69) is 6.92 Å². The summed E-state index contributed by atoms with van der Waals surface area (Å²) in [5.74, 6) is 0.392. The molecule has 2 heteroatoms. The summed E-state index contributed by atoms with van der Waals surface area (Å²) in [7, 11) is 0. The van der Waals surface area contributed by atoms with E-state index in [-0.39, 0.29) is 11.6 Å². The second-order valence-corrected chi connectivity index (χ2v) is 3.01. The van der Waals surface area contributed by atoms with Crippen molar-refractivity contribution in [2.75, 3.05) is 0 Å². The summed E-state index contributed by atoms with van der Waals surface area (Å²) in [5.41, 5.74) is -0.119. The monoisotopic (exact) mass is 128 g/mol.